The number of anilines is 2. The Morgan fingerprint density at radius 2 is 2.00 bits per heavy atom. The molecule has 0 bridgehead atoms. The molecule has 1 amide bonds. The lowest BCUT2D eigenvalue weighted by Gasteiger charge is -2.23. The molecular weight excluding hydrogens is 394 g/mol. The maximum atomic E-state index is 12.8. The number of aryl methyl sites for hydroxylation is 1. The van der Waals surface area contributed by atoms with Crippen molar-refractivity contribution in [3.05, 3.63) is 47.4 Å². The molecule has 8 nitrogen and oxygen atoms in total. The van der Waals surface area contributed by atoms with Crippen LogP contribution in [-0.4, -0.2) is 58.5 Å². The van der Waals surface area contributed by atoms with Gasteiger partial charge in [-0.2, -0.15) is 0 Å². The lowest BCUT2D eigenvalue weighted by atomic mass is 10.1. The third-order valence-corrected chi connectivity index (χ3v) is 5.27. The van der Waals surface area contributed by atoms with E-state index in [9.17, 15) is 9.59 Å². The van der Waals surface area contributed by atoms with Crippen LogP contribution >= 0.6 is 0 Å². The van der Waals surface area contributed by atoms with Crippen LogP contribution < -0.4 is 10.2 Å². The van der Waals surface area contributed by atoms with Gasteiger partial charge in [-0.25, -0.2) is 9.97 Å². The van der Waals surface area contributed by atoms with Gasteiger partial charge in [0.05, 0.1) is 6.54 Å². The zero-order valence-electron chi connectivity index (χ0n) is 18.5. The first-order valence-electron chi connectivity index (χ1n) is 10.7. The van der Waals surface area contributed by atoms with Gasteiger partial charge in [0, 0.05) is 31.4 Å². The van der Waals surface area contributed by atoms with E-state index < -0.39 is 5.97 Å². The first kappa shape index (κ1) is 22.7. The summed E-state index contributed by atoms with van der Waals surface area (Å²) >= 11 is 0. The van der Waals surface area contributed by atoms with Gasteiger partial charge in [0.2, 0.25) is 0 Å². The fraction of sp³-hybridized carbons (Fsp3) is 0.478. The molecule has 8 heteroatoms. The molecule has 0 spiro atoms. The number of nitrogens with zero attached hydrogens (tertiary/aromatic N) is 4. The van der Waals surface area contributed by atoms with Crippen LogP contribution in [0.1, 0.15) is 47.8 Å². The maximum absolute atomic E-state index is 12.8. The molecule has 1 fully saturated rings. The monoisotopic (exact) mass is 425 g/mol. The molecule has 1 aliphatic carbocycles. The molecule has 0 aliphatic heterocycles. The summed E-state index contributed by atoms with van der Waals surface area (Å²) in [6.07, 6.45) is 5.00. The number of likely N-dealkylation sites (N-methyl/N-ethyl adjacent to an activating group) is 1. The summed E-state index contributed by atoms with van der Waals surface area (Å²) in [5.41, 5.74) is 2.94. The molecule has 0 saturated heterocycles. The Kier molecular flexibility index (Phi) is 7.57. The number of aliphatic carboxylic acids is 1. The summed E-state index contributed by atoms with van der Waals surface area (Å²) in [7, 11) is 1.76. The third-order valence-electron chi connectivity index (χ3n) is 5.27. The van der Waals surface area contributed by atoms with Crippen LogP contribution in [0.4, 0.5) is 11.5 Å². The minimum Gasteiger partial charge on any atom is -0.480 e. The molecule has 0 unspecified atom stereocenters. The lowest BCUT2D eigenvalue weighted by Crippen LogP contribution is -2.28. The van der Waals surface area contributed by atoms with Crippen molar-refractivity contribution in [1.29, 1.82) is 0 Å². The first-order chi connectivity index (χ1) is 14.9. The van der Waals surface area contributed by atoms with Gasteiger partial charge in [0.15, 0.2) is 0 Å². The minimum absolute atomic E-state index is 0.0244. The van der Waals surface area contributed by atoms with Crippen molar-refractivity contribution in [2.24, 2.45) is 5.92 Å². The third kappa shape index (κ3) is 6.75. The Morgan fingerprint density at radius 1 is 1.23 bits per heavy atom. The normalized spacial score (nSPS) is 13.3. The highest BCUT2D eigenvalue weighted by molar-refractivity contribution is 6.03. The average Bonchev–Trinajstić information content (AvgIpc) is 3.53. The summed E-state index contributed by atoms with van der Waals surface area (Å²) in [6.45, 7) is 6.43. The second-order valence-electron chi connectivity index (χ2n) is 8.32. The van der Waals surface area contributed by atoms with E-state index in [1.54, 1.807) is 18.0 Å². The molecule has 1 aromatic carbocycles. The molecule has 166 valence electrons. The van der Waals surface area contributed by atoms with E-state index in [-0.39, 0.29) is 12.5 Å². The number of hydrogen-bond acceptors (Lipinski definition) is 6. The highest BCUT2D eigenvalue weighted by Crippen LogP contribution is 2.31. The topological polar surface area (TPSA) is 98.7 Å². The van der Waals surface area contributed by atoms with E-state index in [0.717, 1.165) is 42.4 Å². The molecule has 2 aromatic rings. The predicted molar refractivity (Wildman–Crippen MR) is 120 cm³/mol. The van der Waals surface area contributed by atoms with Crippen molar-refractivity contribution < 1.29 is 14.7 Å². The van der Waals surface area contributed by atoms with Crippen LogP contribution in [0.2, 0.25) is 0 Å². The molecular formula is C23H31N5O3. The first-order valence-corrected chi connectivity index (χ1v) is 10.7. The molecule has 0 radical (unpaired) electrons. The van der Waals surface area contributed by atoms with Crippen molar-refractivity contribution in [2.75, 3.05) is 36.9 Å². The summed E-state index contributed by atoms with van der Waals surface area (Å²) in [5, 5.41) is 11.8. The van der Waals surface area contributed by atoms with E-state index in [4.69, 9.17) is 5.11 Å². The number of hydrogen-bond donors (Lipinski definition) is 2. The van der Waals surface area contributed by atoms with Gasteiger partial charge in [-0.15, -0.1) is 0 Å². The molecule has 0 atom stereocenters. The molecule has 1 aliphatic rings. The van der Waals surface area contributed by atoms with Crippen LogP contribution in [0, 0.1) is 12.8 Å². The highest BCUT2D eigenvalue weighted by Gasteiger charge is 2.25. The smallest absolute Gasteiger partial charge is 0.317 e. The van der Waals surface area contributed by atoms with Crippen molar-refractivity contribution >= 4 is 23.4 Å². The van der Waals surface area contributed by atoms with Gasteiger partial charge in [-0.3, -0.25) is 14.5 Å². The fourth-order valence-electron chi connectivity index (χ4n) is 3.57. The van der Waals surface area contributed by atoms with Crippen molar-refractivity contribution in [1.82, 2.24) is 14.9 Å². The number of carboxylic acid groups (broad SMARTS) is 1. The molecule has 1 saturated carbocycles. The Hall–Kier alpha value is -3.00. The zero-order valence-corrected chi connectivity index (χ0v) is 18.5. The zero-order chi connectivity index (χ0) is 22.4. The average molecular weight is 426 g/mol. The van der Waals surface area contributed by atoms with Crippen molar-refractivity contribution in [3.8, 4) is 0 Å². The highest BCUT2D eigenvalue weighted by atomic mass is 16.4. The van der Waals surface area contributed by atoms with Crippen molar-refractivity contribution in [2.45, 2.75) is 39.7 Å². The minimum atomic E-state index is -0.859. The predicted octanol–water partition coefficient (Wildman–Crippen LogP) is 3.18. The number of nitrogens with one attached hydrogen (secondary N) is 1. The quantitative estimate of drug-likeness (QED) is 0.570. The van der Waals surface area contributed by atoms with Gasteiger partial charge in [-0.1, -0.05) is 19.1 Å². The van der Waals surface area contributed by atoms with E-state index in [1.165, 1.54) is 19.2 Å². The van der Waals surface area contributed by atoms with E-state index >= 15 is 0 Å². The van der Waals surface area contributed by atoms with E-state index in [2.05, 4.69) is 27.1 Å². The van der Waals surface area contributed by atoms with Crippen LogP contribution in [0.25, 0.3) is 0 Å². The van der Waals surface area contributed by atoms with Gasteiger partial charge < -0.3 is 15.3 Å². The maximum Gasteiger partial charge on any atom is 0.317 e. The Balaban J connectivity index is 1.67. The summed E-state index contributed by atoms with van der Waals surface area (Å²) < 4.78 is 0. The van der Waals surface area contributed by atoms with E-state index in [0.29, 0.717) is 17.9 Å². The molecule has 31 heavy (non-hydrogen) atoms. The number of carbonyl (C=O) groups is 2. The summed E-state index contributed by atoms with van der Waals surface area (Å²) in [6, 6.07) is 7.46. The second-order valence-corrected chi connectivity index (χ2v) is 8.32. The lowest BCUT2D eigenvalue weighted by molar-refractivity contribution is -0.138. The Bertz CT molecular complexity index is 929. The number of carbonyl (C=O) groups excluding carboxylic acids is 1. The summed E-state index contributed by atoms with van der Waals surface area (Å²) in [5.74, 6) is 0.393. The van der Waals surface area contributed by atoms with Crippen molar-refractivity contribution in [3.63, 3.8) is 0 Å². The van der Waals surface area contributed by atoms with Crippen LogP contribution in [0.3, 0.4) is 0 Å². The standard InChI is InChI=1S/C23H31N5O3/c1-4-9-28(13-17-5-6-17)21-11-20(24-15-25-21)23(31)26-19-8-7-18(10-16(19)2)12-27(3)14-22(29)30/h7-8,10-11,15,17H,4-6,9,12-14H2,1-3H3,(H,26,31)(H,29,30). The van der Waals surface area contributed by atoms with Gasteiger partial charge in [0.25, 0.3) is 5.91 Å². The number of carboxylic acids is 1. The SMILES string of the molecule is CCCN(CC1CC1)c1cc(C(=O)Nc2ccc(CN(C)CC(=O)O)cc2C)ncn1. The molecule has 2 N–H and O–H groups in total. The van der Waals surface area contributed by atoms with Gasteiger partial charge in [0.1, 0.15) is 17.8 Å². The van der Waals surface area contributed by atoms with Gasteiger partial charge in [-0.05, 0) is 56.3 Å². The van der Waals surface area contributed by atoms with Gasteiger partial charge >= 0.3 is 5.97 Å². The van der Waals surface area contributed by atoms with Crippen LogP contribution in [0.15, 0.2) is 30.6 Å². The van der Waals surface area contributed by atoms with Crippen LogP contribution in [-0.2, 0) is 11.3 Å². The summed E-state index contributed by atoms with van der Waals surface area (Å²) in [4.78, 5) is 36.2. The Morgan fingerprint density at radius 3 is 2.65 bits per heavy atom. The molecule has 1 aromatic heterocycles. The number of aromatic nitrogens is 2. The number of rotatable bonds is 11. The largest absolute Gasteiger partial charge is 0.480 e. The number of amides is 1. The second kappa shape index (κ2) is 10.3. The fourth-order valence-corrected chi connectivity index (χ4v) is 3.57. The molecule has 1 heterocycles. The molecule has 3 rings (SSSR count). The van der Waals surface area contributed by atoms with E-state index in [1.807, 2.05) is 25.1 Å². The number of benzene rings is 1. The Labute approximate surface area is 183 Å². The van der Waals surface area contributed by atoms with Crippen LogP contribution in [0.5, 0.6) is 0 Å².